The summed E-state index contributed by atoms with van der Waals surface area (Å²) < 4.78 is 17.6. The summed E-state index contributed by atoms with van der Waals surface area (Å²) in [7, 11) is 1.58. The van der Waals surface area contributed by atoms with Crippen LogP contribution >= 0.6 is 0 Å². The highest BCUT2D eigenvalue weighted by molar-refractivity contribution is 6.10. The lowest BCUT2D eigenvalue weighted by molar-refractivity contribution is 0.0970. The molecule has 5 rings (SSSR count). The number of aromatic nitrogens is 1. The van der Waals surface area contributed by atoms with Gasteiger partial charge >= 0.3 is 0 Å². The number of ether oxygens (including phenoxy) is 2. The third-order valence-corrected chi connectivity index (χ3v) is 6.41. The van der Waals surface area contributed by atoms with Gasteiger partial charge in [0.1, 0.15) is 11.4 Å². The summed E-state index contributed by atoms with van der Waals surface area (Å²) in [5.74, 6) is 1.22. The Morgan fingerprint density at radius 3 is 2.61 bits per heavy atom. The molecule has 0 spiro atoms. The van der Waals surface area contributed by atoms with E-state index < -0.39 is 11.9 Å². The number of methoxy groups -OCH3 is 1. The maximum atomic E-state index is 13.7. The number of hydrogen-bond acceptors (Lipinski definition) is 6. The van der Waals surface area contributed by atoms with E-state index >= 15 is 0 Å². The maximum absolute atomic E-state index is 13.7. The second-order valence-corrected chi connectivity index (χ2v) is 8.85. The summed E-state index contributed by atoms with van der Waals surface area (Å²) in [4.78, 5) is 33.5. The summed E-state index contributed by atoms with van der Waals surface area (Å²) in [6.45, 7) is 4.59. The van der Waals surface area contributed by atoms with Crippen molar-refractivity contribution >= 4 is 22.7 Å². The Labute approximate surface area is 209 Å². The summed E-state index contributed by atoms with van der Waals surface area (Å²) in [5.41, 5.74) is 1.89. The van der Waals surface area contributed by atoms with Crippen LogP contribution in [-0.2, 0) is 0 Å². The molecule has 1 amide bonds. The molecule has 2 aromatic heterocycles. The lowest BCUT2D eigenvalue weighted by atomic mass is 9.98. The van der Waals surface area contributed by atoms with Gasteiger partial charge in [0.2, 0.25) is 5.76 Å². The van der Waals surface area contributed by atoms with Crippen molar-refractivity contribution in [3.8, 4) is 11.5 Å². The molecular weight excluding hydrogens is 456 g/mol. The van der Waals surface area contributed by atoms with Crippen molar-refractivity contribution in [2.24, 2.45) is 0 Å². The van der Waals surface area contributed by atoms with Gasteiger partial charge in [0.05, 0.1) is 30.7 Å². The number of aryl methyl sites for hydroxylation is 1. The summed E-state index contributed by atoms with van der Waals surface area (Å²) in [6, 6.07) is 17.2. The van der Waals surface area contributed by atoms with Crippen LogP contribution in [0.2, 0.25) is 0 Å². The molecule has 1 atom stereocenters. The van der Waals surface area contributed by atoms with E-state index in [0.29, 0.717) is 46.0 Å². The van der Waals surface area contributed by atoms with Crippen LogP contribution in [-0.4, -0.2) is 24.6 Å². The Morgan fingerprint density at radius 2 is 1.83 bits per heavy atom. The van der Waals surface area contributed by atoms with Crippen molar-refractivity contribution in [1.29, 1.82) is 0 Å². The first-order valence-electron chi connectivity index (χ1n) is 12.2. The Bertz CT molecular complexity index is 1490. The van der Waals surface area contributed by atoms with Crippen LogP contribution in [0.25, 0.3) is 11.0 Å². The van der Waals surface area contributed by atoms with Gasteiger partial charge < -0.3 is 13.9 Å². The number of carbonyl (C=O) groups is 1. The monoisotopic (exact) mass is 484 g/mol. The number of para-hydroxylation sites is 1. The van der Waals surface area contributed by atoms with Crippen LogP contribution in [0, 0.1) is 6.92 Å². The van der Waals surface area contributed by atoms with E-state index in [-0.39, 0.29) is 11.2 Å². The minimum absolute atomic E-state index is 0.0332. The zero-order valence-electron chi connectivity index (χ0n) is 20.6. The number of rotatable bonds is 8. The number of fused-ring (bicyclic) bond motifs is 2. The number of unbranched alkanes of at least 4 members (excludes halogenated alkanes) is 2. The van der Waals surface area contributed by atoms with E-state index in [1.165, 1.54) is 4.90 Å². The van der Waals surface area contributed by atoms with Gasteiger partial charge in [-0.1, -0.05) is 44.0 Å². The number of pyridine rings is 1. The molecule has 7 nitrogen and oxygen atoms in total. The van der Waals surface area contributed by atoms with E-state index in [0.717, 1.165) is 25.0 Å². The predicted octanol–water partition coefficient (Wildman–Crippen LogP) is 5.82. The first-order valence-corrected chi connectivity index (χ1v) is 12.2. The molecule has 0 bridgehead atoms. The molecule has 0 saturated carbocycles. The SMILES string of the molecule is CCCCCOc1ccc([C@H]2c3c(oc4ccccc4c3=O)C(=O)N2c2cccc(C)n2)cc1OC. The number of carbonyl (C=O) groups excluding carboxylic acids is 1. The minimum Gasteiger partial charge on any atom is -0.493 e. The van der Waals surface area contributed by atoms with Crippen LogP contribution in [0.15, 0.2) is 69.9 Å². The molecule has 1 aliphatic heterocycles. The van der Waals surface area contributed by atoms with Crippen molar-refractivity contribution in [2.75, 3.05) is 18.6 Å². The summed E-state index contributed by atoms with van der Waals surface area (Å²) in [5, 5.41) is 0.427. The van der Waals surface area contributed by atoms with Gasteiger partial charge in [-0.25, -0.2) is 4.98 Å². The lowest BCUT2D eigenvalue weighted by Gasteiger charge is -2.25. The maximum Gasteiger partial charge on any atom is 0.296 e. The van der Waals surface area contributed by atoms with Crippen molar-refractivity contribution in [3.63, 3.8) is 0 Å². The fourth-order valence-electron chi connectivity index (χ4n) is 4.64. The van der Waals surface area contributed by atoms with Gasteiger partial charge in [0, 0.05) is 5.69 Å². The third kappa shape index (κ3) is 4.11. The number of nitrogens with zero attached hydrogens (tertiary/aromatic N) is 2. The van der Waals surface area contributed by atoms with Crippen molar-refractivity contribution < 1.29 is 18.7 Å². The normalized spacial score (nSPS) is 14.8. The molecule has 3 heterocycles. The van der Waals surface area contributed by atoms with Crippen LogP contribution in [0.3, 0.4) is 0 Å². The van der Waals surface area contributed by atoms with Gasteiger partial charge in [-0.15, -0.1) is 0 Å². The molecule has 2 aromatic carbocycles. The Kier molecular flexibility index (Phi) is 6.46. The standard InChI is InChI=1S/C29H28N2O5/c1-4-5-8-16-35-22-15-14-19(17-23(22)34-3)26-25-27(32)20-11-6-7-12-21(20)36-28(25)29(33)31(26)24-13-9-10-18(2)30-24/h6-7,9-15,17,26H,4-5,8,16H2,1-3H3/t26-/m0/s1. The van der Waals surface area contributed by atoms with Gasteiger partial charge in [0.15, 0.2) is 16.9 Å². The van der Waals surface area contributed by atoms with Crippen molar-refractivity contribution in [2.45, 2.75) is 39.2 Å². The number of benzene rings is 2. The molecule has 36 heavy (non-hydrogen) atoms. The number of hydrogen-bond donors (Lipinski definition) is 0. The molecule has 4 aromatic rings. The third-order valence-electron chi connectivity index (χ3n) is 6.41. The van der Waals surface area contributed by atoms with Crippen molar-refractivity contribution in [1.82, 2.24) is 4.98 Å². The fraction of sp³-hybridized carbons (Fsp3) is 0.276. The molecule has 184 valence electrons. The van der Waals surface area contributed by atoms with Gasteiger partial charge in [0.25, 0.3) is 5.91 Å². The molecule has 1 aliphatic rings. The minimum atomic E-state index is -0.731. The zero-order valence-corrected chi connectivity index (χ0v) is 20.6. The molecule has 0 unspecified atom stereocenters. The van der Waals surface area contributed by atoms with E-state index in [1.54, 1.807) is 37.4 Å². The van der Waals surface area contributed by atoms with Gasteiger partial charge in [-0.05, 0) is 55.3 Å². The second kappa shape index (κ2) is 9.85. The van der Waals surface area contributed by atoms with E-state index in [2.05, 4.69) is 11.9 Å². The molecule has 0 saturated heterocycles. The van der Waals surface area contributed by atoms with Crippen LogP contribution in [0.4, 0.5) is 5.82 Å². The highest BCUT2D eigenvalue weighted by Gasteiger charge is 2.44. The largest absolute Gasteiger partial charge is 0.493 e. The summed E-state index contributed by atoms with van der Waals surface area (Å²) >= 11 is 0. The van der Waals surface area contributed by atoms with E-state index in [4.69, 9.17) is 13.9 Å². The molecule has 0 N–H and O–H groups in total. The van der Waals surface area contributed by atoms with Crippen LogP contribution in [0.5, 0.6) is 11.5 Å². The average molecular weight is 485 g/mol. The Balaban J connectivity index is 1.66. The van der Waals surface area contributed by atoms with Gasteiger partial charge in [-0.2, -0.15) is 0 Å². The molecular formula is C29H28N2O5. The highest BCUT2D eigenvalue weighted by Crippen LogP contribution is 2.42. The summed E-state index contributed by atoms with van der Waals surface area (Å²) in [6.07, 6.45) is 3.14. The van der Waals surface area contributed by atoms with Crippen molar-refractivity contribution in [3.05, 3.63) is 93.5 Å². The van der Waals surface area contributed by atoms with Gasteiger partial charge in [-0.3, -0.25) is 14.5 Å². The first kappa shape index (κ1) is 23.6. The highest BCUT2D eigenvalue weighted by atomic mass is 16.5. The Morgan fingerprint density at radius 1 is 1.00 bits per heavy atom. The lowest BCUT2D eigenvalue weighted by Crippen LogP contribution is -2.30. The fourth-order valence-corrected chi connectivity index (χ4v) is 4.64. The zero-order chi connectivity index (χ0) is 25.2. The number of anilines is 1. The molecule has 0 aliphatic carbocycles. The molecule has 0 fully saturated rings. The second-order valence-electron chi connectivity index (χ2n) is 8.85. The quantitative estimate of drug-likeness (QED) is 0.293. The van der Waals surface area contributed by atoms with Crippen LogP contribution in [0.1, 0.15) is 59.6 Å². The molecule has 0 radical (unpaired) electrons. The predicted molar refractivity (Wildman–Crippen MR) is 138 cm³/mol. The molecule has 7 heteroatoms. The van der Waals surface area contributed by atoms with E-state index in [1.807, 2.05) is 37.3 Å². The average Bonchev–Trinajstić information content (AvgIpc) is 3.19. The van der Waals surface area contributed by atoms with Crippen LogP contribution < -0.4 is 19.8 Å². The smallest absolute Gasteiger partial charge is 0.296 e. The van der Waals surface area contributed by atoms with E-state index in [9.17, 15) is 9.59 Å². The number of amides is 1. The topological polar surface area (TPSA) is 81.9 Å². The Hall–Kier alpha value is -4.13. The first-order chi connectivity index (χ1) is 17.5.